The topological polar surface area (TPSA) is 56.8 Å². The van der Waals surface area contributed by atoms with E-state index in [0.29, 0.717) is 12.8 Å². The fraction of sp³-hybridized carbons (Fsp3) is 0.346. The van der Waals surface area contributed by atoms with Crippen LogP contribution in [0.4, 0.5) is 0 Å². The first kappa shape index (κ1) is 21.0. The van der Waals surface area contributed by atoms with E-state index < -0.39 is 11.7 Å². The minimum atomic E-state index is -0.585. The van der Waals surface area contributed by atoms with Gasteiger partial charge in [0, 0.05) is 23.4 Å². The van der Waals surface area contributed by atoms with E-state index in [0.717, 1.165) is 33.6 Å². The Balaban J connectivity index is 1.56. The summed E-state index contributed by atoms with van der Waals surface area (Å²) in [5.74, 6) is 2.06. The predicted octanol–water partition coefficient (Wildman–Crippen LogP) is 5.42. The van der Waals surface area contributed by atoms with E-state index in [4.69, 9.17) is 14.2 Å². The van der Waals surface area contributed by atoms with Gasteiger partial charge in [-0.05, 0) is 43.9 Å². The molecule has 0 fully saturated rings. The normalized spacial score (nSPS) is 17.9. The van der Waals surface area contributed by atoms with Crippen LogP contribution in [0, 0.1) is 0 Å². The zero-order valence-corrected chi connectivity index (χ0v) is 18.5. The third-order valence-electron chi connectivity index (χ3n) is 5.68. The summed E-state index contributed by atoms with van der Waals surface area (Å²) in [5.41, 5.74) is 0.545. The van der Waals surface area contributed by atoms with Gasteiger partial charge in [-0.3, -0.25) is 4.79 Å². The van der Waals surface area contributed by atoms with Crippen molar-refractivity contribution in [2.24, 2.45) is 0 Å². The van der Waals surface area contributed by atoms with Crippen molar-refractivity contribution in [3.05, 3.63) is 66.2 Å². The molecule has 31 heavy (non-hydrogen) atoms. The molecule has 162 valence electrons. The van der Waals surface area contributed by atoms with Crippen molar-refractivity contribution < 1.29 is 19.0 Å². The van der Waals surface area contributed by atoms with Crippen molar-refractivity contribution in [1.29, 1.82) is 0 Å². The second-order valence-electron chi connectivity index (χ2n) is 8.52. The Bertz CT molecular complexity index is 1090. The summed E-state index contributed by atoms with van der Waals surface area (Å²) < 4.78 is 17.7. The maximum absolute atomic E-state index is 13.2. The van der Waals surface area contributed by atoms with Crippen LogP contribution in [0.2, 0.25) is 0 Å². The number of hydrogen-bond donors (Lipinski definition) is 1. The van der Waals surface area contributed by atoms with Gasteiger partial charge in [-0.25, -0.2) is 0 Å². The van der Waals surface area contributed by atoms with E-state index in [1.54, 1.807) is 7.11 Å². The lowest BCUT2D eigenvalue weighted by molar-refractivity contribution is -0.129. The summed E-state index contributed by atoms with van der Waals surface area (Å²) >= 11 is 0. The van der Waals surface area contributed by atoms with E-state index in [1.807, 2.05) is 81.4 Å². The minimum Gasteiger partial charge on any atom is -0.497 e. The van der Waals surface area contributed by atoms with Crippen molar-refractivity contribution in [1.82, 2.24) is 5.32 Å². The van der Waals surface area contributed by atoms with Gasteiger partial charge in [0.25, 0.3) is 5.91 Å². The lowest BCUT2D eigenvalue weighted by Crippen LogP contribution is -2.45. The summed E-state index contributed by atoms with van der Waals surface area (Å²) in [5, 5.41) is 5.29. The van der Waals surface area contributed by atoms with Gasteiger partial charge in [-0.1, -0.05) is 43.3 Å². The molecular formula is C26H29NO4. The molecule has 5 heteroatoms. The maximum atomic E-state index is 13.2. The summed E-state index contributed by atoms with van der Waals surface area (Å²) in [6.07, 6.45) is 0.651. The second kappa shape index (κ2) is 8.50. The number of hydrogen-bond acceptors (Lipinski definition) is 4. The van der Waals surface area contributed by atoms with Crippen molar-refractivity contribution >= 4 is 16.7 Å². The summed E-state index contributed by atoms with van der Waals surface area (Å²) in [6.45, 7) is 6.01. The molecule has 0 bridgehead atoms. The highest BCUT2D eigenvalue weighted by molar-refractivity contribution is 5.89. The molecular weight excluding hydrogens is 390 g/mol. The number of nitrogens with one attached hydrogen (secondary N) is 1. The molecule has 2 unspecified atom stereocenters. The van der Waals surface area contributed by atoms with E-state index >= 15 is 0 Å². The molecule has 0 aliphatic carbocycles. The standard InChI is InChI=1S/C26H29NO4/c1-5-22(30-23-12-8-10-17-9-6-7-11-19(17)23)25(28)27-21-16-26(2,3)31-24-15-18(29-4)13-14-20(21)24/h6-15,21-22H,5,16H2,1-4H3,(H,27,28). The van der Waals surface area contributed by atoms with Crippen LogP contribution in [-0.4, -0.2) is 24.7 Å². The first-order valence-electron chi connectivity index (χ1n) is 10.7. The average molecular weight is 420 g/mol. The first-order valence-corrected chi connectivity index (χ1v) is 10.7. The Morgan fingerprint density at radius 1 is 1.16 bits per heavy atom. The van der Waals surface area contributed by atoms with E-state index in [2.05, 4.69) is 5.32 Å². The maximum Gasteiger partial charge on any atom is 0.261 e. The van der Waals surface area contributed by atoms with Crippen LogP contribution in [0.25, 0.3) is 10.8 Å². The Kier molecular flexibility index (Phi) is 5.77. The Morgan fingerprint density at radius 3 is 2.71 bits per heavy atom. The largest absolute Gasteiger partial charge is 0.497 e. The fourth-order valence-electron chi connectivity index (χ4n) is 4.13. The van der Waals surface area contributed by atoms with Crippen molar-refractivity contribution in [3.8, 4) is 17.2 Å². The molecule has 0 saturated carbocycles. The van der Waals surface area contributed by atoms with Gasteiger partial charge in [0.05, 0.1) is 13.2 Å². The summed E-state index contributed by atoms with van der Waals surface area (Å²) in [7, 11) is 1.63. The fourth-order valence-corrected chi connectivity index (χ4v) is 4.13. The van der Waals surface area contributed by atoms with Gasteiger partial charge in [0.1, 0.15) is 22.8 Å². The number of fused-ring (bicyclic) bond motifs is 2. The van der Waals surface area contributed by atoms with Gasteiger partial charge in [0.2, 0.25) is 0 Å². The number of amides is 1. The van der Waals surface area contributed by atoms with Crippen LogP contribution in [0.1, 0.15) is 45.2 Å². The van der Waals surface area contributed by atoms with Crippen molar-refractivity contribution in [2.45, 2.75) is 51.4 Å². The molecule has 1 aliphatic heterocycles. The van der Waals surface area contributed by atoms with Crippen LogP contribution in [0.3, 0.4) is 0 Å². The molecule has 3 aromatic carbocycles. The van der Waals surface area contributed by atoms with Crippen molar-refractivity contribution in [2.75, 3.05) is 7.11 Å². The Labute approximate surface area is 183 Å². The molecule has 0 spiro atoms. The average Bonchev–Trinajstić information content (AvgIpc) is 2.76. The minimum absolute atomic E-state index is 0.125. The van der Waals surface area contributed by atoms with Gasteiger partial charge in [0.15, 0.2) is 6.10 Å². The highest BCUT2D eigenvalue weighted by atomic mass is 16.5. The molecule has 1 heterocycles. The van der Waals surface area contributed by atoms with Crippen LogP contribution < -0.4 is 19.5 Å². The molecule has 5 nitrogen and oxygen atoms in total. The molecule has 4 rings (SSSR count). The van der Waals surface area contributed by atoms with Gasteiger partial charge in [-0.2, -0.15) is 0 Å². The molecule has 1 aliphatic rings. The lowest BCUT2D eigenvalue weighted by atomic mass is 9.89. The predicted molar refractivity (Wildman–Crippen MR) is 122 cm³/mol. The molecule has 0 radical (unpaired) electrons. The molecule has 1 amide bonds. The van der Waals surface area contributed by atoms with E-state index in [9.17, 15) is 4.79 Å². The Morgan fingerprint density at radius 2 is 1.94 bits per heavy atom. The van der Waals surface area contributed by atoms with E-state index in [-0.39, 0.29) is 11.9 Å². The number of carbonyl (C=O) groups excluding carboxylic acids is 1. The van der Waals surface area contributed by atoms with Crippen molar-refractivity contribution in [3.63, 3.8) is 0 Å². The zero-order valence-electron chi connectivity index (χ0n) is 18.5. The number of methoxy groups -OCH3 is 1. The van der Waals surface area contributed by atoms with Crippen LogP contribution in [0.15, 0.2) is 60.7 Å². The molecule has 3 aromatic rings. The molecule has 1 N–H and O–H groups in total. The van der Waals surface area contributed by atoms with Crippen LogP contribution in [0.5, 0.6) is 17.2 Å². The van der Waals surface area contributed by atoms with Crippen LogP contribution in [-0.2, 0) is 4.79 Å². The number of rotatable bonds is 6. The second-order valence-corrected chi connectivity index (χ2v) is 8.52. The number of ether oxygens (including phenoxy) is 3. The van der Waals surface area contributed by atoms with E-state index in [1.165, 1.54) is 0 Å². The third-order valence-corrected chi connectivity index (χ3v) is 5.68. The van der Waals surface area contributed by atoms with Gasteiger partial charge >= 0.3 is 0 Å². The number of benzene rings is 3. The molecule has 0 saturated heterocycles. The monoisotopic (exact) mass is 419 g/mol. The Hall–Kier alpha value is -3.21. The van der Waals surface area contributed by atoms with Gasteiger partial charge < -0.3 is 19.5 Å². The number of carbonyl (C=O) groups is 1. The summed E-state index contributed by atoms with van der Waals surface area (Å²) in [4.78, 5) is 13.2. The smallest absolute Gasteiger partial charge is 0.261 e. The molecule has 2 atom stereocenters. The highest BCUT2D eigenvalue weighted by Gasteiger charge is 2.36. The highest BCUT2D eigenvalue weighted by Crippen LogP contribution is 2.41. The SMILES string of the molecule is CCC(Oc1cccc2ccccc12)C(=O)NC1CC(C)(C)Oc2cc(OC)ccc21. The van der Waals surface area contributed by atoms with Gasteiger partial charge in [-0.15, -0.1) is 0 Å². The first-order chi connectivity index (χ1) is 14.9. The van der Waals surface area contributed by atoms with Crippen LogP contribution >= 0.6 is 0 Å². The quantitative estimate of drug-likeness (QED) is 0.579. The molecule has 0 aromatic heterocycles. The summed E-state index contributed by atoms with van der Waals surface area (Å²) in [6, 6.07) is 19.5. The zero-order chi connectivity index (χ0) is 22.0. The lowest BCUT2D eigenvalue weighted by Gasteiger charge is -2.38. The third kappa shape index (κ3) is 4.46.